The Morgan fingerprint density at radius 1 is 1.31 bits per heavy atom. The van der Waals surface area contributed by atoms with E-state index >= 15 is 0 Å². The molecule has 0 aromatic heterocycles. The van der Waals surface area contributed by atoms with Crippen molar-refractivity contribution in [2.24, 2.45) is 0 Å². The summed E-state index contributed by atoms with van der Waals surface area (Å²) in [4.78, 5) is 0. The van der Waals surface area contributed by atoms with Crippen molar-refractivity contribution in [2.45, 2.75) is 18.4 Å². The number of benzene rings is 1. The fourth-order valence-corrected chi connectivity index (χ4v) is 2.33. The zero-order chi connectivity index (χ0) is 11.0. The molecule has 0 aliphatic carbocycles. The van der Waals surface area contributed by atoms with Crippen LogP contribution >= 0.6 is 0 Å². The fourth-order valence-electron chi connectivity index (χ4n) is 2.33. The molecule has 16 heavy (non-hydrogen) atoms. The van der Waals surface area contributed by atoms with Crippen molar-refractivity contribution in [3.8, 4) is 5.75 Å². The third-order valence-corrected chi connectivity index (χ3v) is 3.50. The largest absolute Gasteiger partial charge is 0.493 e. The average molecular weight is 220 g/mol. The molecule has 2 heterocycles. The number of hydrogen-bond donors (Lipinski definition) is 0. The van der Waals surface area contributed by atoms with Gasteiger partial charge in [0.2, 0.25) is 0 Å². The van der Waals surface area contributed by atoms with Crippen LogP contribution in [0.4, 0.5) is 0 Å². The van der Waals surface area contributed by atoms with Gasteiger partial charge in [-0.05, 0) is 36.1 Å². The highest BCUT2D eigenvalue weighted by Gasteiger charge is 2.40. The lowest BCUT2D eigenvalue weighted by Crippen LogP contribution is -2.48. The zero-order valence-corrected chi connectivity index (χ0v) is 9.49. The van der Waals surface area contributed by atoms with Gasteiger partial charge in [0.15, 0.2) is 0 Å². The smallest absolute Gasteiger partial charge is 0.139 e. The number of ether oxygens (including phenoxy) is 3. The molecule has 1 aromatic carbocycles. The van der Waals surface area contributed by atoms with E-state index in [1.807, 2.05) is 0 Å². The van der Waals surface area contributed by atoms with E-state index in [0.29, 0.717) is 13.2 Å². The monoisotopic (exact) mass is 220 g/mol. The van der Waals surface area contributed by atoms with Crippen molar-refractivity contribution in [3.05, 3.63) is 29.3 Å². The van der Waals surface area contributed by atoms with Crippen LogP contribution in [0.1, 0.15) is 17.5 Å². The Morgan fingerprint density at radius 3 is 2.88 bits per heavy atom. The SMILES string of the molecule is COC1(c2ccc3c(c2)CCCO3)COC1. The maximum atomic E-state index is 5.60. The highest BCUT2D eigenvalue weighted by Crippen LogP contribution is 2.36. The first-order valence-corrected chi connectivity index (χ1v) is 5.73. The first-order chi connectivity index (χ1) is 7.84. The van der Waals surface area contributed by atoms with Crippen LogP contribution in [0.5, 0.6) is 5.75 Å². The van der Waals surface area contributed by atoms with Crippen molar-refractivity contribution in [1.29, 1.82) is 0 Å². The van der Waals surface area contributed by atoms with Crippen LogP contribution in [-0.2, 0) is 21.5 Å². The predicted octanol–water partition coefficient (Wildman–Crippen LogP) is 1.88. The fraction of sp³-hybridized carbons (Fsp3) is 0.538. The Morgan fingerprint density at radius 2 is 2.19 bits per heavy atom. The van der Waals surface area contributed by atoms with E-state index in [1.54, 1.807) is 7.11 Å². The van der Waals surface area contributed by atoms with Gasteiger partial charge >= 0.3 is 0 Å². The molecule has 1 saturated heterocycles. The molecule has 2 aliphatic rings. The quantitative estimate of drug-likeness (QED) is 0.761. The second-order valence-corrected chi connectivity index (χ2v) is 4.47. The summed E-state index contributed by atoms with van der Waals surface area (Å²) in [6.07, 6.45) is 2.21. The first-order valence-electron chi connectivity index (χ1n) is 5.73. The zero-order valence-electron chi connectivity index (χ0n) is 9.49. The van der Waals surface area contributed by atoms with E-state index in [1.165, 1.54) is 11.1 Å². The van der Waals surface area contributed by atoms with Gasteiger partial charge < -0.3 is 14.2 Å². The normalized spacial score (nSPS) is 21.8. The van der Waals surface area contributed by atoms with Crippen molar-refractivity contribution in [1.82, 2.24) is 0 Å². The number of aryl methyl sites for hydroxylation is 1. The molecule has 3 heteroatoms. The summed E-state index contributed by atoms with van der Waals surface area (Å²) < 4.78 is 16.5. The Balaban J connectivity index is 1.96. The van der Waals surface area contributed by atoms with Crippen LogP contribution in [0.3, 0.4) is 0 Å². The minimum atomic E-state index is -0.216. The summed E-state index contributed by atoms with van der Waals surface area (Å²) in [5.41, 5.74) is 2.30. The molecular formula is C13H16O3. The van der Waals surface area contributed by atoms with E-state index in [9.17, 15) is 0 Å². The third kappa shape index (κ3) is 1.43. The molecule has 0 spiro atoms. The predicted molar refractivity (Wildman–Crippen MR) is 59.8 cm³/mol. The highest BCUT2D eigenvalue weighted by atomic mass is 16.6. The molecule has 1 aromatic rings. The molecule has 0 radical (unpaired) electrons. The van der Waals surface area contributed by atoms with Crippen molar-refractivity contribution < 1.29 is 14.2 Å². The van der Waals surface area contributed by atoms with Gasteiger partial charge in [-0.25, -0.2) is 0 Å². The van der Waals surface area contributed by atoms with Crippen molar-refractivity contribution in [3.63, 3.8) is 0 Å². The molecule has 2 aliphatic heterocycles. The van der Waals surface area contributed by atoms with Gasteiger partial charge in [0, 0.05) is 7.11 Å². The number of hydrogen-bond acceptors (Lipinski definition) is 3. The van der Waals surface area contributed by atoms with Crippen LogP contribution in [0.2, 0.25) is 0 Å². The van der Waals surface area contributed by atoms with Gasteiger partial charge in [-0.15, -0.1) is 0 Å². The van der Waals surface area contributed by atoms with E-state index in [4.69, 9.17) is 14.2 Å². The molecule has 3 rings (SSSR count). The average Bonchev–Trinajstić information content (AvgIpc) is 2.28. The number of methoxy groups -OCH3 is 1. The Bertz CT molecular complexity index is 391. The van der Waals surface area contributed by atoms with Crippen LogP contribution in [-0.4, -0.2) is 26.9 Å². The summed E-state index contributed by atoms with van der Waals surface area (Å²) in [6.45, 7) is 2.15. The Hall–Kier alpha value is -1.06. The first kappa shape index (κ1) is 10.1. The van der Waals surface area contributed by atoms with Gasteiger partial charge in [0.25, 0.3) is 0 Å². The Kier molecular flexibility index (Phi) is 2.37. The molecule has 0 saturated carbocycles. The molecule has 86 valence electrons. The molecule has 0 bridgehead atoms. The highest BCUT2D eigenvalue weighted by molar-refractivity contribution is 5.41. The molecule has 1 fully saturated rings. The van der Waals surface area contributed by atoms with Crippen LogP contribution in [0.25, 0.3) is 0 Å². The van der Waals surface area contributed by atoms with Gasteiger partial charge in [0.1, 0.15) is 11.4 Å². The summed E-state index contributed by atoms with van der Waals surface area (Å²) in [5, 5.41) is 0. The van der Waals surface area contributed by atoms with Gasteiger partial charge in [0.05, 0.1) is 19.8 Å². The Labute approximate surface area is 95.3 Å². The van der Waals surface area contributed by atoms with Gasteiger partial charge in [-0.1, -0.05) is 6.07 Å². The van der Waals surface area contributed by atoms with Crippen LogP contribution < -0.4 is 4.74 Å². The van der Waals surface area contributed by atoms with Crippen LogP contribution in [0, 0.1) is 0 Å². The lowest BCUT2D eigenvalue weighted by molar-refractivity contribution is -0.202. The number of fused-ring (bicyclic) bond motifs is 1. The summed E-state index contributed by atoms with van der Waals surface area (Å²) >= 11 is 0. The maximum Gasteiger partial charge on any atom is 0.139 e. The van der Waals surface area contributed by atoms with E-state index in [2.05, 4.69) is 18.2 Å². The molecule has 3 nitrogen and oxygen atoms in total. The number of rotatable bonds is 2. The summed E-state index contributed by atoms with van der Waals surface area (Å²) in [5.74, 6) is 1.03. The van der Waals surface area contributed by atoms with E-state index in [0.717, 1.165) is 25.2 Å². The van der Waals surface area contributed by atoms with E-state index in [-0.39, 0.29) is 5.60 Å². The van der Waals surface area contributed by atoms with E-state index < -0.39 is 0 Å². The second kappa shape index (κ2) is 3.75. The second-order valence-electron chi connectivity index (χ2n) is 4.47. The minimum Gasteiger partial charge on any atom is -0.493 e. The molecular weight excluding hydrogens is 204 g/mol. The van der Waals surface area contributed by atoms with Crippen molar-refractivity contribution >= 4 is 0 Å². The molecule has 0 atom stereocenters. The summed E-state index contributed by atoms with van der Waals surface area (Å²) in [7, 11) is 1.75. The summed E-state index contributed by atoms with van der Waals surface area (Å²) in [6, 6.07) is 6.36. The topological polar surface area (TPSA) is 27.7 Å². The molecule has 0 amide bonds. The molecule has 0 N–H and O–H groups in total. The lowest BCUT2D eigenvalue weighted by atomic mass is 9.89. The third-order valence-electron chi connectivity index (χ3n) is 3.50. The van der Waals surface area contributed by atoms with Gasteiger partial charge in [-0.3, -0.25) is 0 Å². The molecule has 0 unspecified atom stereocenters. The van der Waals surface area contributed by atoms with Gasteiger partial charge in [-0.2, -0.15) is 0 Å². The lowest BCUT2D eigenvalue weighted by Gasteiger charge is -2.40. The van der Waals surface area contributed by atoms with Crippen molar-refractivity contribution in [2.75, 3.05) is 26.9 Å². The maximum absolute atomic E-state index is 5.60. The van der Waals surface area contributed by atoms with Crippen LogP contribution in [0.15, 0.2) is 18.2 Å². The minimum absolute atomic E-state index is 0.216. The standard InChI is InChI=1S/C13H16O3/c1-14-13(8-15-9-13)11-4-5-12-10(7-11)3-2-6-16-12/h4-5,7H,2-3,6,8-9H2,1H3.